The van der Waals surface area contributed by atoms with Crippen molar-refractivity contribution in [3.05, 3.63) is 76.5 Å². The lowest BCUT2D eigenvalue weighted by atomic mass is 9.94. The van der Waals surface area contributed by atoms with E-state index in [9.17, 15) is 14.4 Å². The van der Waals surface area contributed by atoms with Crippen LogP contribution in [0.15, 0.2) is 59.8 Å². The van der Waals surface area contributed by atoms with Gasteiger partial charge in [0, 0.05) is 49.7 Å². The van der Waals surface area contributed by atoms with Crippen molar-refractivity contribution >= 4 is 23.5 Å². The quantitative estimate of drug-likeness (QED) is 0.435. The number of anilines is 1. The van der Waals surface area contributed by atoms with E-state index < -0.39 is 12.0 Å². The average molecular weight is 491 g/mol. The molecule has 1 atom stereocenters. The first-order valence-electron chi connectivity index (χ1n) is 12.5. The first-order valence-corrected chi connectivity index (χ1v) is 12.5. The monoisotopic (exact) mass is 490 g/mol. The van der Waals surface area contributed by atoms with Crippen molar-refractivity contribution in [1.82, 2.24) is 15.5 Å². The molecule has 2 aromatic rings. The van der Waals surface area contributed by atoms with Gasteiger partial charge in [0.15, 0.2) is 5.78 Å². The Labute approximate surface area is 212 Å². The highest BCUT2D eigenvalue weighted by molar-refractivity contribution is 5.95. The Hall–Kier alpha value is -3.65. The number of nitrogens with zero attached hydrogens (tertiary/aromatic N) is 2. The van der Waals surface area contributed by atoms with Gasteiger partial charge in [0.1, 0.15) is 0 Å². The van der Waals surface area contributed by atoms with Crippen LogP contribution in [-0.2, 0) is 16.0 Å². The molecular formula is C28H34N4O4. The fourth-order valence-corrected chi connectivity index (χ4v) is 4.68. The number of ketones is 1. The molecule has 0 saturated carbocycles. The first-order chi connectivity index (χ1) is 17.4. The third-order valence-corrected chi connectivity index (χ3v) is 6.76. The molecule has 2 N–H and O–H groups in total. The van der Waals surface area contributed by atoms with Crippen molar-refractivity contribution in [3.63, 3.8) is 0 Å². The molecule has 1 saturated heterocycles. The molecule has 8 heteroatoms. The molecule has 0 spiro atoms. The number of benzene rings is 2. The van der Waals surface area contributed by atoms with Crippen LogP contribution in [0.3, 0.4) is 0 Å². The highest BCUT2D eigenvalue weighted by Crippen LogP contribution is 2.29. The van der Waals surface area contributed by atoms with Crippen LogP contribution in [0.4, 0.5) is 10.5 Å². The van der Waals surface area contributed by atoms with E-state index in [0.29, 0.717) is 23.4 Å². The lowest BCUT2D eigenvalue weighted by Crippen LogP contribution is -2.51. The Morgan fingerprint density at radius 2 is 1.64 bits per heavy atom. The van der Waals surface area contributed by atoms with E-state index in [2.05, 4.69) is 27.4 Å². The van der Waals surface area contributed by atoms with Gasteiger partial charge in [0.2, 0.25) is 0 Å². The van der Waals surface area contributed by atoms with Gasteiger partial charge in [0.25, 0.3) is 0 Å². The third kappa shape index (κ3) is 5.76. The molecule has 36 heavy (non-hydrogen) atoms. The lowest BCUT2D eigenvalue weighted by Gasteiger charge is -2.38. The van der Waals surface area contributed by atoms with Gasteiger partial charge in [-0.3, -0.25) is 9.69 Å². The number of nitrogens with one attached hydrogen (secondary N) is 2. The molecule has 0 radical (unpaired) electrons. The largest absolute Gasteiger partial charge is 0.463 e. The highest BCUT2D eigenvalue weighted by Gasteiger charge is 2.34. The van der Waals surface area contributed by atoms with Crippen LogP contribution in [0.25, 0.3) is 0 Å². The molecule has 0 bridgehead atoms. The van der Waals surface area contributed by atoms with Crippen LogP contribution in [0.2, 0.25) is 0 Å². The summed E-state index contributed by atoms with van der Waals surface area (Å²) in [6.07, 6.45) is 0.914. The molecule has 1 unspecified atom stereocenters. The van der Waals surface area contributed by atoms with E-state index in [1.807, 2.05) is 48.5 Å². The molecule has 2 amide bonds. The number of aryl methyl sites for hydroxylation is 1. The van der Waals surface area contributed by atoms with Gasteiger partial charge < -0.3 is 20.3 Å². The summed E-state index contributed by atoms with van der Waals surface area (Å²) < 4.78 is 5.40. The maximum atomic E-state index is 13.1. The Kier molecular flexibility index (Phi) is 8.05. The van der Waals surface area contributed by atoms with Crippen molar-refractivity contribution in [1.29, 1.82) is 0 Å². The molecule has 2 heterocycles. The summed E-state index contributed by atoms with van der Waals surface area (Å²) in [5.41, 5.74) is 4.85. The number of carbonyl (C=O) groups excluding carboxylic acids is 3. The predicted molar refractivity (Wildman–Crippen MR) is 139 cm³/mol. The number of piperazine rings is 1. The molecular weight excluding hydrogens is 456 g/mol. The minimum absolute atomic E-state index is 0.0562. The van der Waals surface area contributed by atoms with Gasteiger partial charge in [-0.2, -0.15) is 0 Å². The van der Waals surface area contributed by atoms with Crippen molar-refractivity contribution < 1.29 is 19.1 Å². The topological polar surface area (TPSA) is 91.0 Å². The fraction of sp³-hybridized carbons (Fsp3) is 0.393. The van der Waals surface area contributed by atoms with Gasteiger partial charge in [-0.15, -0.1) is 0 Å². The van der Waals surface area contributed by atoms with Gasteiger partial charge >= 0.3 is 12.0 Å². The molecule has 8 nitrogen and oxygen atoms in total. The van der Waals surface area contributed by atoms with Crippen LogP contribution in [0.1, 0.15) is 48.3 Å². The summed E-state index contributed by atoms with van der Waals surface area (Å²) in [4.78, 5) is 41.7. The predicted octanol–water partition coefficient (Wildman–Crippen LogP) is 3.44. The molecule has 2 aliphatic heterocycles. The number of ether oxygens (including phenoxy) is 1. The number of urea groups is 1. The normalized spacial score (nSPS) is 18.5. The summed E-state index contributed by atoms with van der Waals surface area (Å²) in [5.74, 6) is -0.366. The van der Waals surface area contributed by atoms with Crippen LogP contribution in [0.5, 0.6) is 0 Å². The Balaban J connectivity index is 1.52. The van der Waals surface area contributed by atoms with Crippen LogP contribution in [-0.4, -0.2) is 62.0 Å². The van der Waals surface area contributed by atoms with Crippen LogP contribution in [0, 0.1) is 0 Å². The Morgan fingerprint density at radius 1 is 0.972 bits per heavy atom. The smallest absolute Gasteiger partial charge is 0.338 e. The number of carbonyl (C=O) groups is 3. The maximum Gasteiger partial charge on any atom is 0.338 e. The van der Waals surface area contributed by atoms with E-state index in [1.165, 1.54) is 5.56 Å². The summed E-state index contributed by atoms with van der Waals surface area (Å²) in [6, 6.07) is 14.7. The van der Waals surface area contributed by atoms with Gasteiger partial charge in [0.05, 0.1) is 18.2 Å². The van der Waals surface area contributed by atoms with Crippen molar-refractivity contribution in [3.8, 4) is 0 Å². The molecule has 2 aliphatic rings. The Morgan fingerprint density at radius 3 is 2.22 bits per heavy atom. The van der Waals surface area contributed by atoms with Gasteiger partial charge in [-0.05, 0) is 55.7 Å². The zero-order valence-corrected chi connectivity index (χ0v) is 21.2. The van der Waals surface area contributed by atoms with E-state index in [1.54, 1.807) is 13.8 Å². The second-order valence-corrected chi connectivity index (χ2v) is 9.11. The lowest BCUT2D eigenvalue weighted by molar-refractivity contribution is -0.139. The standard InChI is InChI=1S/C28H34N4O4/c1-4-20-6-8-22(9-7-20)26-25(27(34)36-5-2)24(29-28(35)30-26)18-31-14-16-32(17-15-31)23-12-10-21(11-13-23)19(3)33/h6-13,26H,4-5,14-18H2,1-3H3,(H2,29,30,35). The van der Waals surface area contributed by atoms with E-state index in [4.69, 9.17) is 4.74 Å². The van der Waals surface area contributed by atoms with Crippen molar-refractivity contribution in [2.45, 2.75) is 33.2 Å². The maximum absolute atomic E-state index is 13.1. The minimum atomic E-state index is -0.570. The summed E-state index contributed by atoms with van der Waals surface area (Å²) in [7, 11) is 0. The number of Topliss-reactive ketones (excluding diaryl/α,β-unsaturated/α-hetero) is 1. The van der Waals surface area contributed by atoms with Gasteiger partial charge in [-0.1, -0.05) is 31.2 Å². The molecule has 0 aliphatic carbocycles. The number of hydrogen-bond donors (Lipinski definition) is 2. The first kappa shape index (κ1) is 25.4. The zero-order valence-electron chi connectivity index (χ0n) is 21.2. The molecule has 190 valence electrons. The molecule has 2 aromatic carbocycles. The fourth-order valence-electron chi connectivity index (χ4n) is 4.68. The number of amides is 2. The summed E-state index contributed by atoms with van der Waals surface area (Å²) in [6.45, 7) is 9.28. The van der Waals surface area contributed by atoms with E-state index >= 15 is 0 Å². The van der Waals surface area contributed by atoms with Crippen LogP contribution < -0.4 is 15.5 Å². The number of rotatable bonds is 8. The molecule has 4 rings (SSSR count). The second-order valence-electron chi connectivity index (χ2n) is 9.11. The molecule has 1 fully saturated rings. The third-order valence-electron chi connectivity index (χ3n) is 6.76. The van der Waals surface area contributed by atoms with E-state index in [0.717, 1.165) is 43.9 Å². The SMILES string of the molecule is CCOC(=O)C1=C(CN2CCN(c3ccc(C(C)=O)cc3)CC2)NC(=O)NC1c1ccc(CC)cc1. The van der Waals surface area contributed by atoms with Gasteiger partial charge in [-0.25, -0.2) is 9.59 Å². The van der Waals surface area contributed by atoms with Crippen LogP contribution >= 0.6 is 0 Å². The highest BCUT2D eigenvalue weighted by atomic mass is 16.5. The average Bonchev–Trinajstić information content (AvgIpc) is 2.89. The summed E-state index contributed by atoms with van der Waals surface area (Å²) >= 11 is 0. The Bertz CT molecular complexity index is 1130. The van der Waals surface area contributed by atoms with E-state index in [-0.39, 0.29) is 18.4 Å². The number of esters is 1. The zero-order chi connectivity index (χ0) is 25.7. The molecule has 0 aromatic heterocycles. The summed E-state index contributed by atoms with van der Waals surface area (Å²) in [5, 5.41) is 5.78. The van der Waals surface area contributed by atoms with Crippen molar-refractivity contribution in [2.24, 2.45) is 0 Å². The minimum Gasteiger partial charge on any atom is -0.463 e. The van der Waals surface area contributed by atoms with Crippen molar-refractivity contribution in [2.75, 3.05) is 44.2 Å². The number of hydrogen-bond acceptors (Lipinski definition) is 6. The second kappa shape index (κ2) is 11.4.